The summed E-state index contributed by atoms with van der Waals surface area (Å²) in [6, 6.07) is 5.13. The molecule has 1 N–H and O–H groups in total. The number of ether oxygens (including phenoxy) is 2. The van der Waals surface area contributed by atoms with Gasteiger partial charge in [0.05, 0.1) is 31.0 Å². The molecule has 2 aromatic heterocycles. The van der Waals surface area contributed by atoms with Crippen LogP contribution in [0.5, 0.6) is 11.5 Å². The predicted molar refractivity (Wildman–Crippen MR) is 130 cm³/mol. The lowest BCUT2D eigenvalue weighted by Gasteiger charge is -2.16. The minimum atomic E-state index is -0.449. The first-order valence-electron chi connectivity index (χ1n) is 10.4. The van der Waals surface area contributed by atoms with Gasteiger partial charge >= 0.3 is 5.69 Å². The summed E-state index contributed by atoms with van der Waals surface area (Å²) in [5.41, 5.74) is 0.778. The van der Waals surface area contributed by atoms with E-state index in [0.717, 1.165) is 10.1 Å². The van der Waals surface area contributed by atoms with Gasteiger partial charge in [0.2, 0.25) is 5.91 Å². The van der Waals surface area contributed by atoms with Crippen LogP contribution in [-0.4, -0.2) is 40.0 Å². The molecule has 176 valence electrons. The lowest BCUT2D eigenvalue weighted by atomic mass is 10.0. The second-order valence-electron chi connectivity index (χ2n) is 8.02. The number of benzene rings is 1. The Kier molecular flexibility index (Phi) is 7.47. The second kappa shape index (κ2) is 10.1. The van der Waals surface area contributed by atoms with E-state index in [-0.39, 0.29) is 11.7 Å². The summed E-state index contributed by atoms with van der Waals surface area (Å²) in [5, 5.41) is 3.18. The summed E-state index contributed by atoms with van der Waals surface area (Å²) in [7, 11) is 6.08. The highest BCUT2D eigenvalue weighted by molar-refractivity contribution is 8.00. The summed E-state index contributed by atoms with van der Waals surface area (Å²) in [5.74, 6) is 1.19. The number of amides is 1. The molecule has 0 radical (unpaired) electrons. The zero-order valence-corrected chi connectivity index (χ0v) is 20.4. The average Bonchev–Trinajstić information content (AvgIpc) is 2.79. The molecule has 0 aliphatic carbocycles. The van der Waals surface area contributed by atoms with Crippen molar-refractivity contribution in [2.75, 3.05) is 25.3 Å². The van der Waals surface area contributed by atoms with Gasteiger partial charge in [-0.25, -0.2) is 9.78 Å². The van der Waals surface area contributed by atoms with Crippen LogP contribution in [0.25, 0.3) is 11.0 Å². The maximum Gasteiger partial charge on any atom is 0.332 e. The van der Waals surface area contributed by atoms with Crippen molar-refractivity contribution in [3.8, 4) is 11.5 Å². The number of fused-ring (bicyclic) bond motifs is 1. The van der Waals surface area contributed by atoms with Gasteiger partial charge in [0, 0.05) is 31.3 Å². The molecule has 10 heteroatoms. The number of hydrogen-bond acceptors (Lipinski definition) is 7. The third-order valence-corrected chi connectivity index (χ3v) is 6.31. The zero-order valence-electron chi connectivity index (χ0n) is 19.6. The van der Waals surface area contributed by atoms with Crippen LogP contribution in [0.3, 0.4) is 0 Å². The highest BCUT2D eigenvalue weighted by Crippen LogP contribution is 2.32. The number of anilines is 1. The molecule has 1 amide bonds. The molecule has 0 saturated carbocycles. The number of thioether (sulfide) groups is 1. The van der Waals surface area contributed by atoms with Gasteiger partial charge in [-0.3, -0.25) is 18.7 Å². The van der Waals surface area contributed by atoms with Gasteiger partial charge in [0.25, 0.3) is 5.56 Å². The molecule has 3 rings (SSSR count). The van der Waals surface area contributed by atoms with E-state index in [9.17, 15) is 14.4 Å². The van der Waals surface area contributed by atoms with E-state index < -0.39 is 11.2 Å². The largest absolute Gasteiger partial charge is 0.497 e. The van der Waals surface area contributed by atoms with E-state index in [1.165, 1.54) is 30.5 Å². The highest BCUT2D eigenvalue weighted by Gasteiger charge is 2.19. The molecule has 33 heavy (non-hydrogen) atoms. The maximum absolute atomic E-state index is 13.0. The van der Waals surface area contributed by atoms with E-state index in [1.54, 1.807) is 38.6 Å². The van der Waals surface area contributed by atoms with Crippen LogP contribution in [-0.2, 0) is 25.3 Å². The molecular formula is C23H28N4O5S. The monoisotopic (exact) mass is 472 g/mol. The lowest BCUT2D eigenvalue weighted by Crippen LogP contribution is -2.37. The van der Waals surface area contributed by atoms with Crippen molar-refractivity contribution in [3.63, 3.8) is 0 Å². The minimum absolute atomic E-state index is 0.0522. The summed E-state index contributed by atoms with van der Waals surface area (Å²) in [6.07, 6.45) is 2.37. The summed E-state index contributed by atoms with van der Waals surface area (Å²) < 4.78 is 13.0. The Morgan fingerprint density at radius 1 is 1.15 bits per heavy atom. The lowest BCUT2D eigenvalue weighted by molar-refractivity contribution is -0.113. The van der Waals surface area contributed by atoms with Crippen molar-refractivity contribution in [2.24, 2.45) is 20.0 Å². The smallest absolute Gasteiger partial charge is 0.332 e. The van der Waals surface area contributed by atoms with E-state index in [2.05, 4.69) is 24.1 Å². The van der Waals surface area contributed by atoms with Crippen LogP contribution in [0, 0.1) is 5.92 Å². The maximum atomic E-state index is 13.0. The number of rotatable bonds is 8. The summed E-state index contributed by atoms with van der Waals surface area (Å²) >= 11 is 1.25. The van der Waals surface area contributed by atoms with Gasteiger partial charge in [-0.15, -0.1) is 11.8 Å². The normalized spacial score (nSPS) is 11.1. The van der Waals surface area contributed by atoms with Crippen molar-refractivity contribution in [2.45, 2.75) is 25.2 Å². The van der Waals surface area contributed by atoms with E-state index in [0.29, 0.717) is 45.5 Å². The number of carbonyl (C=O) groups excluding carboxylic acids is 1. The molecule has 0 spiro atoms. The molecule has 9 nitrogen and oxygen atoms in total. The first kappa shape index (κ1) is 24.4. The average molecular weight is 473 g/mol. The SMILES string of the molecule is COc1ccc(OC)c(NC(=O)CSc2c(CC(C)C)cnc3c2c(=O)n(C)c(=O)n3C)c1. The fourth-order valence-corrected chi connectivity index (χ4v) is 4.52. The van der Waals surface area contributed by atoms with Crippen LogP contribution in [0.15, 0.2) is 38.9 Å². The van der Waals surface area contributed by atoms with Crippen LogP contribution < -0.4 is 26.0 Å². The molecule has 0 aliphatic heterocycles. The molecule has 2 heterocycles. The third-order valence-electron chi connectivity index (χ3n) is 5.15. The number of aryl methyl sites for hydroxylation is 1. The number of carbonyl (C=O) groups is 1. The molecule has 0 bridgehead atoms. The number of hydrogen-bond donors (Lipinski definition) is 1. The summed E-state index contributed by atoms with van der Waals surface area (Å²) in [6.45, 7) is 4.14. The highest BCUT2D eigenvalue weighted by atomic mass is 32.2. The number of nitrogens with zero attached hydrogens (tertiary/aromatic N) is 3. The fourth-order valence-electron chi connectivity index (χ4n) is 3.53. The van der Waals surface area contributed by atoms with Gasteiger partial charge in [0.15, 0.2) is 0 Å². The number of pyridine rings is 1. The molecule has 0 atom stereocenters. The quantitative estimate of drug-likeness (QED) is 0.503. The standard InChI is InChI=1S/C23H28N4O5S/c1-13(2)9-14-11-24-21-19(22(29)27(4)23(30)26(21)3)20(14)33-12-18(28)25-16-10-15(31-5)7-8-17(16)32-6/h7-8,10-11,13H,9,12H2,1-6H3,(H,25,28). The first-order valence-corrected chi connectivity index (χ1v) is 11.4. The molecule has 0 saturated heterocycles. The van der Waals surface area contributed by atoms with Crippen LogP contribution in [0.2, 0.25) is 0 Å². The predicted octanol–water partition coefficient (Wildman–Crippen LogP) is 2.58. The molecule has 0 aliphatic rings. The first-order chi connectivity index (χ1) is 15.7. The zero-order chi connectivity index (χ0) is 24.3. The Morgan fingerprint density at radius 3 is 2.52 bits per heavy atom. The van der Waals surface area contributed by atoms with Gasteiger partial charge in [-0.05, 0) is 30.0 Å². The number of methoxy groups -OCH3 is 2. The number of nitrogens with one attached hydrogen (secondary N) is 1. The molecule has 1 aromatic carbocycles. The topological polar surface area (TPSA) is 104 Å². The van der Waals surface area contributed by atoms with E-state index >= 15 is 0 Å². The second-order valence-corrected chi connectivity index (χ2v) is 9.00. The van der Waals surface area contributed by atoms with Gasteiger partial charge in [-0.2, -0.15) is 0 Å². The van der Waals surface area contributed by atoms with Crippen LogP contribution in [0.4, 0.5) is 5.69 Å². The Hall–Kier alpha value is -3.27. The molecule has 3 aromatic rings. The minimum Gasteiger partial charge on any atom is -0.497 e. The van der Waals surface area contributed by atoms with Gasteiger partial charge < -0.3 is 14.8 Å². The van der Waals surface area contributed by atoms with Crippen molar-refractivity contribution >= 4 is 34.4 Å². The van der Waals surface area contributed by atoms with Crippen LogP contribution >= 0.6 is 11.8 Å². The summed E-state index contributed by atoms with van der Waals surface area (Å²) in [4.78, 5) is 43.2. The molecule has 0 unspecified atom stereocenters. The van der Waals surface area contributed by atoms with Gasteiger partial charge in [0.1, 0.15) is 17.1 Å². The Morgan fingerprint density at radius 2 is 1.88 bits per heavy atom. The van der Waals surface area contributed by atoms with E-state index in [4.69, 9.17) is 9.47 Å². The molecule has 0 fully saturated rings. The Balaban J connectivity index is 1.99. The Labute approximate surface area is 195 Å². The Bertz CT molecular complexity index is 1310. The van der Waals surface area contributed by atoms with Gasteiger partial charge in [-0.1, -0.05) is 13.8 Å². The fraction of sp³-hybridized carbons (Fsp3) is 0.391. The van der Waals surface area contributed by atoms with E-state index in [1.807, 2.05) is 0 Å². The van der Waals surface area contributed by atoms with Crippen molar-refractivity contribution in [1.82, 2.24) is 14.1 Å². The molecular weight excluding hydrogens is 444 g/mol. The van der Waals surface area contributed by atoms with Crippen molar-refractivity contribution in [3.05, 3.63) is 50.8 Å². The third kappa shape index (κ3) is 5.05. The van der Waals surface area contributed by atoms with Crippen molar-refractivity contribution < 1.29 is 14.3 Å². The number of aromatic nitrogens is 3. The van der Waals surface area contributed by atoms with Crippen molar-refractivity contribution in [1.29, 1.82) is 0 Å². The van der Waals surface area contributed by atoms with Crippen LogP contribution in [0.1, 0.15) is 19.4 Å².